The molecule has 0 saturated carbocycles. The maximum absolute atomic E-state index is 12.7. The van der Waals surface area contributed by atoms with Gasteiger partial charge < -0.3 is 23.8 Å². The lowest BCUT2D eigenvalue weighted by Gasteiger charge is -2.31. The molecule has 0 aliphatic heterocycles. The van der Waals surface area contributed by atoms with Crippen LogP contribution in [0.1, 0.15) is 149 Å². The minimum atomic E-state index is -0.885. The third-order valence-electron chi connectivity index (χ3n) is 9.10. The molecule has 0 bridgehead atoms. The summed E-state index contributed by atoms with van der Waals surface area (Å²) in [5, 5.41) is 9.61. The Morgan fingerprint density at radius 2 is 1.04 bits per heavy atom. The van der Waals surface area contributed by atoms with E-state index in [4.69, 9.17) is 14.2 Å². The van der Waals surface area contributed by atoms with Crippen LogP contribution in [-0.4, -0.2) is 80.6 Å². The van der Waals surface area contributed by atoms with Crippen molar-refractivity contribution in [3.8, 4) is 0 Å². The zero-order chi connectivity index (χ0) is 41.4. The van der Waals surface area contributed by atoms with Crippen molar-refractivity contribution in [2.75, 3.05) is 41.0 Å². The second kappa shape index (κ2) is 38.4. The molecule has 56 heavy (non-hydrogen) atoms. The Labute approximate surface area is 342 Å². The molecular weight excluding hydrogens is 703 g/mol. The van der Waals surface area contributed by atoms with Crippen LogP contribution in [0.2, 0.25) is 0 Å². The van der Waals surface area contributed by atoms with Crippen molar-refractivity contribution < 1.29 is 38.2 Å². The summed E-state index contributed by atoms with van der Waals surface area (Å²) in [5.74, 6) is -1.53. The molecule has 0 fully saturated rings. The van der Waals surface area contributed by atoms with E-state index in [9.17, 15) is 19.5 Å². The summed E-state index contributed by atoms with van der Waals surface area (Å²) in [4.78, 5) is 36.9. The van der Waals surface area contributed by atoms with E-state index >= 15 is 0 Å². The molecular formula is C48H80NO7+. The predicted octanol–water partition coefficient (Wildman–Crippen LogP) is 11.7. The highest BCUT2D eigenvalue weighted by atomic mass is 16.6. The quantitative estimate of drug-likeness (QED) is 0.0220. The van der Waals surface area contributed by atoms with Crippen LogP contribution in [0.5, 0.6) is 0 Å². The van der Waals surface area contributed by atoms with Crippen LogP contribution in [-0.2, 0) is 28.6 Å². The number of ether oxygens (including phenoxy) is 3. The fourth-order valence-corrected chi connectivity index (χ4v) is 5.79. The number of nitrogens with zero attached hydrogens (tertiary/aromatic N) is 1. The van der Waals surface area contributed by atoms with Crippen molar-refractivity contribution >= 4 is 17.9 Å². The second-order valence-corrected chi connectivity index (χ2v) is 15.2. The van der Waals surface area contributed by atoms with Gasteiger partial charge in [-0.2, -0.15) is 0 Å². The van der Waals surface area contributed by atoms with Gasteiger partial charge in [0.2, 0.25) is 0 Å². The van der Waals surface area contributed by atoms with Crippen molar-refractivity contribution in [1.82, 2.24) is 0 Å². The summed E-state index contributed by atoms with van der Waals surface area (Å²) in [6, 6.07) is -0.625. The second-order valence-electron chi connectivity index (χ2n) is 15.2. The molecule has 8 heteroatoms. The number of hydrogen-bond acceptors (Lipinski definition) is 6. The van der Waals surface area contributed by atoms with Gasteiger partial charge in [-0.1, -0.05) is 144 Å². The van der Waals surface area contributed by atoms with Crippen molar-refractivity contribution in [1.29, 1.82) is 0 Å². The Bertz CT molecular complexity index is 1190. The molecule has 0 radical (unpaired) electrons. The number of carbonyl (C=O) groups is 3. The fourth-order valence-electron chi connectivity index (χ4n) is 5.79. The molecule has 0 aliphatic rings. The Hall–Kier alpha value is -3.49. The Kier molecular flexibility index (Phi) is 36.0. The van der Waals surface area contributed by atoms with E-state index in [-0.39, 0.29) is 36.2 Å². The number of rotatable bonds is 37. The van der Waals surface area contributed by atoms with Crippen molar-refractivity contribution in [3.05, 3.63) is 85.1 Å². The fraction of sp³-hybridized carbons (Fsp3) is 0.646. The summed E-state index contributed by atoms with van der Waals surface area (Å²) in [6.45, 7) is 4.43. The van der Waals surface area contributed by atoms with Crippen LogP contribution in [0.25, 0.3) is 0 Å². The minimum Gasteiger partial charge on any atom is -0.477 e. The van der Waals surface area contributed by atoms with Crippen molar-refractivity contribution in [3.63, 3.8) is 0 Å². The number of carboxylic acids is 1. The van der Waals surface area contributed by atoms with Gasteiger partial charge in [0, 0.05) is 19.3 Å². The average Bonchev–Trinajstić information content (AvgIpc) is 3.15. The van der Waals surface area contributed by atoms with Gasteiger partial charge in [-0.15, -0.1) is 0 Å². The molecule has 0 amide bonds. The number of quaternary nitrogens is 1. The van der Waals surface area contributed by atoms with Crippen molar-refractivity contribution in [2.45, 2.75) is 161 Å². The molecule has 0 heterocycles. The van der Waals surface area contributed by atoms with Crippen LogP contribution in [0.15, 0.2) is 85.1 Å². The van der Waals surface area contributed by atoms with Gasteiger partial charge in [0.15, 0.2) is 12.1 Å². The average molecular weight is 783 g/mol. The monoisotopic (exact) mass is 783 g/mol. The molecule has 0 saturated heterocycles. The first kappa shape index (κ1) is 52.5. The zero-order valence-electron chi connectivity index (χ0n) is 36.1. The first-order valence-corrected chi connectivity index (χ1v) is 21.7. The topological polar surface area (TPSA) is 99.1 Å². The number of allylic oxidation sites excluding steroid dienone is 14. The van der Waals surface area contributed by atoms with Gasteiger partial charge in [0.1, 0.15) is 6.61 Å². The van der Waals surface area contributed by atoms with Gasteiger partial charge in [0.25, 0.3) is 0 Å². The summed E-state index contributed by atoms with van der Waals surface area (Å²) in [5.41, 5.74) is 0. The number of carbonyl (C=O) groups excluding carboxylic acids is 2. The number of carboxylic acid groups (broad SMARTS) is 1. The summed E-state index contributed by atoms with van der Waals surface area (Å²) in [6.07, 6.45) is 49.1. The molecule has 0 spiro atoms. The molecule has 1 N–H and O–H groups in total. The molecule has 8 nitrogen and oxygen atoms in total. The molecule has 0 aromatic carbocycles. The van der Waals surface area contributed by atoms with Crippen molar-refractivity contribution in [2.24, 2.45) is 0 Å². The van der Waals surface area contributed by atoms with Crippen LogP contribution < -0.4 is 0 Å². The van der Waals surface area contributed by atoms with Crippen LogP contribution >= 0.6 is 0 Å². The van der Waals surface area contributed by atoms with Gasteiger partial charge in [-0.05, 0) is 70.6 Å². The predicted molar refractivity (Wildman–Crippen MR) is 233 cm³/mol. The number of aliphatic carboxylic acids is 1. The van der Waals surface area contributed by atoms with Gasteiger partial charge in [-0.3, -0.25) is 9.59 Å². The molecule has 0 aromatic rings. The number of esters is 2. The molecule has 0 aliphatic carbocycles. The first-order valence-electron chi connectivity index (χ1n) is 21.7. The Balaban J connectivity index is 4.39. The van der Waals surface area contributed by atoms with E-state index < -0.39 is 18.1 Å². The van der Waals surface area contributed by atoms with E-state index in [1.54, 1.807) is 0 Å². The standard InChI is InChI=1S/C48H79NO7/c1-6-8-10-12-14-16-18-20-21-22-23-24-25-27-28-30-32-34-36-38-46(50)55-43-44(42-54-41-40-45(48(52)53)49(3,4)5)56-47(51)39-37-35-33-31-29-26-19-17-15-13-11-9-7-2/h8-11,13-17,19-21,23-24,44-45H,6-7,12,18,22,25-43H2,1-5H3/p+1/b10-8+,11-9+,15-13+,16-14+,19-17+,21-20+,24-23+. The zero-order valence-corrected chi connectivity index (χ0v) is 36.1. The van der Waals surface area contributed by atoms with Gasteiger partial charge in [0.05, 0.1) is 34.4 Å². The molecule has 2 atom stereocenters. The third-order valence-corrected chi connectivity index (χ3v) is 9.10. The Morgan fingerprint density at radius 3 is 1.59 bits per heavy atom. The van der Waals surface area contributed by atoms with E-state index in [2.05, 4.69) is 86.8 Å². The first-order chi connectivity index (χ1) is 27.1. The van der Waals surface area contributed by atoms with Gasteiger partial charge >= 0.3 is 17.9 Å². The SMILES string of the molecule is CC/C=C/C=C/C=C/CCCCCCCC(=O)OC(COCCC(C(=O)O)[N+](C)(C)C)COC(=O)CCCCCCCC/C=C/C/C=C/C/C=C/C/C=C/CC. The lowest BCUT2D eigenvalue weighted by molar-refractivity contribution is -0.887. The van der Waals surface area contributed by atoms with Crippen LogP contribution in [0.4, 0.5) is 0 Å². The van der Waals surface area contributed by atoms with Crippen LogP contribution in [0.3, 0.4) is 0 Å². The summed E-state index contributed by atoms with van der Waals surface area (Å²) in [7, 11) is 5.50. The number of hydrogen-bond donors (Lipinski definition) is 1. The Morgan fingerprint density at radius 1 is 0.554 bits per heavy atom. The highest BCUT2D eigenvalue weighted by Gasteiger charge is 2.31. The highest BCUT2D eigenvalue weighted by Crippen LogP contribution is 2.13. The minimum absolute atomic E-state index is 0.0427. The van der Waals surface area contributed by atoms with E-state index in [1.165, 1.54) is 12.8 Å². The van der Waals surface area contributed by atoms with Crippen LogP contribution in [0, 0.1) is 0 Å². The van der Waals surface area contributed by atoms with Gasteiger partial charge in [-0.25, -0.2) is 4.79 Å². The van der Waals surface area contributed by atoms with E-state index in [0.717, 1.165) is 103 Å². The highest BCUT2D eigenvalue weighted by molar-refractivity contribution is 5.72. The lowest BCUT2D eigenvalue weighted by atomic mass is 10.1. The maximum atomic E-state index is 12.7. The smallest absolute Gasteiger partial charge is 0.362 e. The summed E-state index contributed by atoms with van der Waals surface area (Å²) < 4.78 is 17.2. The van der Waals surface area contributed by atoms with E-state index in [0.29, 0.717) is 19.3 Å². The molecule has 2 unspecified atom stereocenters. The number of unbranched alkanes of at least 4 members (excludes halogenated alkanes) is 11. The normalized spacial score (nSPS) is 13.8. The molecule has 0 rings (SSSR count). The van der Waals surface area contributed by atoms with E-state index in [1.807, 2.05) is 33.3 Å². The third kappa shape index (κ3) is 36.2. The lowest BCUT2D eigenvalue weighted by Crippen LogP contribution is -2.50. The molecule has 0 aromatic heterocycles. The molecule has 318 valence electrons. The maximum Gasteiger partial charge on any atom is 0.362 e. The largest absolute Gasteiger partial charge is 0.477 e. The summed E-state index contributed by atoms with van der Waals surface area (Å²) >= 11 is 0. The number of likely N-dealkylation sites (N-methyl/N-ethyl adjacent to an activating group) is 1.